The number of benzene rings is 2. The van der Waals surface area contributed by atoms with E-state index in [-0.39, 0.29) is 23.4 Å². The average Bonchev–Trinajstić information content (AvgIpc) is 2.78. The Labute approximate surface area is 193 Å². The van der Waals surface area contributed by atoms with Gasteiger partial charge in [0.05, 0.1) is 17.2 Å². The number of rotatable bonds is 8. The Bertz CT molecular complexity index is 972. The van der Waals surface area contributed by atoms with Crippen LogP contribution in [0, 0.1) is 0 Å². The highest BCUT2D eigenvalue weighted by atomic mass is 79.9. The SMILES string of the molecule is CCOc1ccc(N(CC(=O)N(C)C2CCCCC2)S(=O)(=O)c2ccc(Br)cc2)cc1. The van der Waals surface area contributed by atoms with Crippen LogP contribution in [-0.2, 0) is 14.8 Å². The molecule has 0 spiro atoms. The third kappa shape index (κ3) is 5.80. The van der Waals surface area contributed by atoms with E-state index >= 15 is 0 Å². The van der Waals surface area contributed by atoms with Gasteiger partial charge >= 0.3 is 0 Å². The zero-order valence-corrected chi connectivity index (χ0v) is 20.4. The smallest absolute Gasteiger partial charge is 0.264 e. The second kappa shape index (κ2) is 10.5. The van der Waals surface area contributed by atoms with Gasteiger partial charge in [-0.2, -0.15) is 0 Å². The highest BCUT2D eigenvalue weighted by molar-refractivity contribution is 9.10. The molecule has 2 aromatic carbocycles. The lowest BCUT2D eigenvalue weighted by atomic mass is 9.94. The molecule has 2 aromatic rings. The molecule has 0 bridgehead atoms. The van der Waals surface area contributed by atoms with Gasteiger partial charge in [-0.25, -0.2) is 8.42 Å². The van der Waals surface area contributed by atoms with E-state index in [4.69, 9.17) is 4.74 Å². The first-order chi connectivity index (χ1) is 14.8. The second-order valence-corrected chi connectivity index (χ2v) is 10.5. The molecule has 1 fully saturated rings. The molecule has 168 valence electrons. The van der Waals surface area contributed by atoms with Gasteiger partial charge < -0.3 is 9.64 Å². The average molecular weight is 509 g/mol. The molecule has 0 heterocycles. The minimum absolute atomic E-state index is 0.137. The Morgan fingerprint density at radius 1 is 1.03 bits per heavy atom. The van der Waals surface area contributed by atoms with Crippen molar-refractivity contribution in [2.24, 2.45) is 0 Å². The monoisotopic (exact) mass is 508 g/mol. The summed E-state index contributed by atoms with van der Waals surface area (Å²) in [5, 5.41) is 0. The summed E-state index contributed by atoms with van der Waals surface area (Å²) in [6.45, 7) is 2.16. The Hall–Kier alpha value is -2.06. The van der Waals surface area contributed by atoms with Crippen molar-refractivity contribution >= 4 is 37.5 Å². The number of nitrogens with zero attached hydrogens (tertiary/aromatic N) is 2. The molecule has 31 heavy (non-hydrogen) atoms. The molecule has 1 aliphatic carbocycles. The van der Waals surface area contributed by atoms with Gasteiger partial charge in [-0.1, -0.05) is 35.2 Å². The van der Waals surface area contributed by atoms with Crippen molar-refractivity contribution in [2.75, 3.05) is 24.5 Å². The highest BCUT2D eigenvalue weighted by Crippen LogP contribution is 2.28. The quantitative estimate of drug-likeness (QED) is 0.511. The number of amides is 1. The topological polar surface area (TPSA) is 66.9 Å². The van der Waals surface area contributed by atoms with E-state index in [1.807, 2.05) is 6.92 Å². The summed E-state index contributed by atoms with van der Waals surface area (Å²) < 4.78 is 34.4. The van der Waals surface area contributed by atoms with Crippen molar-refractivity contribution in [1.29, 1.82) is 0 Å². The molecule has 1 aliphatic rings. The number of halogens is 1. The molecule has 0 N–H and O–H groups in total. The standard InChI is InChI=1S/C23H29BrN2O4S/c1-3-30-21-13-11-20(12-14-21)26(31(28,29)22-15-9-18(24)10-16-22)17-23(27)25(2)19-7-5-4-6-8-19/h9-16,19H,3-8,17H2,1-2H3. The number of hydrogen-bond acceptors (Lipinski definition) is 4. The Balaban J connectivity index is 1.91. The fourth-order valence-corrected chi connectivity index (χ4v) is 5.51. The first kappa shape index (κ1) is 23.6. The van der Waals surface area contributed by atoms with Crippen LogP contribution in [0.25, 0.3) is 0 Å². The van der Waals surface area contributed by atoms with E-state index in [0.29, 0.717) is 18.0 Å². The van der Waals surface area contributed by atoms with Gasteiger partial charge in [0.1, 0.15) is 12.3 Å². The second-order valence-electron chi connectivity index (χ2n) is 7.69. The fourth-order valence-electron chi connectivity index (χ4n) is 3.83. The Morgan fingerprint density at radius 2 is 1.65 bits per heavy atom. The largest absolute Gasteiger partial charge is 0.494 e. The van der Waals surface area contributed by atoms with Crippen molar-refractivity contribution in [3.05, 3.63) is 53.0 Å². The van der Waals surface area contributed by atoms with Crippen molar-refractivity contribution in [2.45, 2.75) is 50.0 Å². The maximum absolute atomic E-state index is 13.5. The van der Waals surface area contributed by atoms with Crippen LogP contribution in [0.2, 0.25) is 0 Å². The molecule has 0 atom stereocenters. The lowest BCUT2D eigenvalue weighted by Gasteiger charge is -2.33. The van der Waals surface area contributed by atoms with Crippen LogP contribution in [0.1, 0.15) is 39.0 Å². The molecular weight excluding hydrogens is 480 g/mol. The van der Waals surface area contributed by atoms with E-state index in [2.05, 4.69) is 15.9 Å². The third-order valence-corrected chi connectivity index (χ3v) is 7.95. The number of carbonyl (C=O) groups excluding carboxylic acids is 1. The van der Waals surface area contributed by atoms with Crippen molar-refractivity contribution in [3.8, 4) is 5.75 Å². The molecule has 1 amide bonds. The van der Waals surface area contributed by atoms with E-state index in [1.54, 1.807) is 48.3 Å². The van der Waals surface area contributed by atoms with Crippen molar-refractivity contribution in [1.82, 2.24) is 4.90 Å². The summed E-state index contributed by atoms with van der Waals surface area (Å²) >= 11 is 3.34. The van der Waals surface area contributed by atoms with E-state index in [0.717, 1.165) is 30.2 Å². The summed E-state index contributed by atoms with van der Waals surface area (Å²) in [6, 6.07) is 13.4. The first-order valence-electron chi connectivity index (χ1n) is 10.6. The van der Waals surface area contributed by atoms with E-state index < -0.39 is 10.0 Å². The maximum atomic E-state index is 13.5. The summed E-state index contributed by atoms with van der Waals surface area (Å²) in [7, 11) is -2.15. The van der Waals surface area contributed by atoms with Crippen LogP contribution < -0.4 is 9.04 Å². The van der Waals surface area contributed by atoms with Crippen LogP contribution in [0.3, 0.4) is 0 Å². The van der Waals surface area contributed by atoms with Gasteiger partial charge in [-0.3, -0.25) is 9.10 Å². The summed E-state index contributed by atoms with van der Waals surface area (Å²) in [5.74, 6) is 0.444. The van der Waals surface area contributed by atoms with Crippen LogP contribution in [-0.4, -0.2) is 45.5 Å². The number of anilines is 1. The van der Waals surface area contributed by atoms with Gasteiger partial charge in [0.15, 0.2) is 0 Å². The van der Waals surface area contributed by atoms with Crippen molar-refractivity contribution < 1.29 is 17.9 Å². The molecule has 8 heteroatoms. The third-order valence-electron chi connectivity index (χ3n) is 5.63. The molecule has 1 saturated carbocycles. The predicted molar refractivity (Wildman–Crippen MR) is 126 cm³/mol. The normalized spacial score (nSPS) is 14.8. The first-order valence-corrected chi connectivity index (χ1v) is 12.8. The van der Waals surface area contributed by atoms with Gasteiger partial charge in [0, 0.05) is 17.6 Å². The van der Waals surface area contributed by atoms with Gasteiger partial charge in [0.2, 0.25) is 5.91 Å². The number of ether oxygens (including phenoxy) is 1. The summed E-state index contributed by atoms with van der Waals surface area (Å²) in [5.41, 5.74) is 0.428. The molecule has 0 unspecified atom stereocenters. The van der Waals surface area contributed by atoms with Gasteiger partial charge in [0.25, 0.3) is 10.0 Å². The van der Waals surface area contributed by atoms with Crippen LogP contribution in [0.4, 0.5) is 5.69 Å². The number of carbonyl (C=O) groups is 1. The maximum Gasteiger partial charge on any atom is 0.264 e. The van der Waals surface area contributed by atoms with Crippen LogP contribution in [0.5, 0.6) is 5.75 Å². The number of hydrogen-bond donors (Lipinski definition) is 0. The van der Waals surface area contributed by atoms with Gasteiger partial charge in [-0.05, 0) is 68.3 Å². The Morgan fingerprint density at radius 3 is 2.23 bits per heavy atom. The lowest BCUT2D eigenvalue weighted by molar-refractivity contribution is -0.130. The number of sulfonamides is 1. The zero-order valence-electron chi connectivity index (χ0n) is 18.0. The fraction of sp³-hybridized carbons (Fsp3) is 0.435. The molecule has 0 saturated heterocycles. The molecule has 0 radical (unpaired) electrons. The molecule has 0 aromatic heterocycles. The molecule has 3 rings (SSSR count). The van der Waals surface area contributed by atoms with Crippen LogP contribution in [0.15, 0.2) is 57.9 Å². The van der Waals surface area contributed by atoms with Crippen molar-refractivity contribution in [3.63, 3.8) is 0 Å². The minimum Gasteiger partial charge on any atom is -0.494 e. The lowest BCUT2D eigenvalue weighted by Crippen LogP contribution is -2.45. The van der Waals surface area contributed by atoms with Crippen LogP contribution >= 0.6 is 15.9 Å². The summed E-state index contributed by atoms with van der Waals surface area (Å²) in [6.07, 6.45) is 5.31. The molecular formula is C23H29BrN2O4S. The van der Waals surface area contributed by atoms with E-state index in [1.165, 1.54) is 22.9 Å². The Kier molecular flexibility index (Phi) is 8.00. The van der Waals surface area contributed by atoms with Gasteiger partial charge in [-0.15, -0.1) is 0 Å². The molecule has 0 aliphatic heterocycles. The predicted octanol–water partition coefficient (Wildman–Crippen LogP) is 4.83. The highest BCUT2D eigenvalue weighted by Gasteiger charge is 2.30. The number of likely N-dealkylation sites (N-methyl/N-ethyl adjacent to an activating group) is 1. The molecule has 6 nitrogen and oxygen atoms in total. The van der Waals surface area contributed by atoms with E-state index in [9.17, 15) is 13.2 Å². The summed E-state index contributed by atoms with van der Waals surface area (Å²) in [4.78, 5) is 15.0. The minimum atomic E-state index is -3.93. The zero-order chi connectivity index (χ0) is 22.4.